The molecule has 2 rings (SSSR count). The number of nitrogens with two attached hydrogens (primary N) is 1. The smallest absolute Gasteiger partial charge is 0.411 e. The van der Waals surface area contributed by atoms with Gasteiger partial charge in [0.05, 0.1) is 0 Å². The first-order valence-corrected chi connectivity index (χ1v) is 7.23. The van der Waals surface area contributed by atoms with Crippen molar-refractivity contribution in [2.75, 3.05) is 11.9 Å². The third kappa shape index (κ3) is 4.09. The normalized spacial score (nSPS) is 21.5. The highest BCUT2D eigenvalue weighted by atomic mass is 16.6. The Morgan fingerprint density at radius 3 is 2.68 bits per heavy atom. The van der Waals surface area contributed by atoms with Gasteiger partial charge < -0.3 is 15.8 Å². The van der Waals surface area contributed by atoms with Crippen LogP contribution in [0.15, 0.2) is 24.4 Å². The van der Waals surface area contributed by atoms with Crippen molar-refractivity contribution in [3.63, 3.8) is 0 Å². The average molecular weight is 306 g/mol. The summed E-state index contributed by atoms with van der Waals surface area (Å²) in [5.41, 5.74) is 4.79. The van der Waals surface area contributed by atoms with Gasteiger partial charge in [-0.25, -0.2) is 9.78 Å². The molecule has 3 N–H and O–H groups in total. The van der Waals surface area contributed by atoms with Crippen LogP contribution in [0.4, 0.5) is 10.6 Å². The van der Waals surface area contributed by atoms with E-state index in [0.29, 0.717) is 18.8 Å². The summed E-state index contributed by atoms with van der Waals surface area (Å²) in [6, 6.07) is 4.74. The largest absolute Gasteiger partial charge is 0.444 e. The molecule has 2 atom stereocenters. The van der Waals surface area contributed by atoms with Crippen LogP contribution in [0.2, 0.25) is 0 Å². The zero-order valence-electron chi connectivity index (χ0n) is 13.1. The highest BCUT2D eigenvalue weighted by molar-refractivity contribution is 5.85. The summed E-state index contributed by atoms with van der Waals surface area (Å²) in [5.74, 6) is 0.165. The molecule has 0 spiro atoms. The second-order valence-electron chi connectivity index (χ2n) is 6.34. The summed E-state index contributed by atoms with van der Waals surface area (Å²) < 4.78 is 5.34. The molecule has 2 amide bonds. The van der Waals surface area contributed by atoms with Crippen molar-refractivity contribution in [1.82, 2.24) is 9.88 Å². The van der Waals surface area contributed by atoms with E-state index in [2.05, 4.69) is 10.3 Å². The van der Waals surface area contributed by atoms with E-state index in [1.54, 1.807) is 27.0 Å². The van der Waals surface area contributed by atoms with E-state index < -0.39 is 23.6 Å². The Labute approximate surface area is 129 Å². The van der Waals surface area contributed by atoms with Gasteiger partial charge in [0.2, 0.25) is 5.91 Å². The summed E-state index contributed by atoms with van der Waals surface area (Å²) in [4.78, 5) is 29.4. The second-order valence-corrected chi connectivity index (χ2v) is 6.34. The number of anilines is 1. The number of ether oxygens (including phenoxy) is 1. The van der Waals surface area contributed by atoms with Crippen molar-refractivity contribution in [2.24, 2.45) is 5.73 Å². The van der Waals surface area contributed by atoms with Crippen LogP contribution in [0.1, 0.15) is 27.2 Å². The third-order valence-electron chi connectivity index (χ3n) is 3.27. The lowest BCUT2D eigenvalue weighted by molar-refractivity contribution is -0.122. The van der Waals surface area contributed by atoms with Gasteiger partial charge in [0.15, 0.2) is 0 Å². The standard InChI is InChI=1S/C15H22N4O3/c1-15(2,3)22-14(21)19-9-10(8-11(19)13(16)20)18-12-6-4-5-7-17-12/h4-7,10-11H,8-9H2,1-3H3,(H2,16,20)(H,17,18)/t10-,11+/m1/s1. The summed E-state index contributed by atoms with van der Waals surface area (Å²) >= 11 is 0. The zero-order valence-corrected chi connectivity index (χ0v) is 13.1. The molecule has 2 heterocycles. The van der Waals surface area contributed by atoms with Crippen molar-refractivity contribution >= 4 is 17.8 Å². The minimum atomic E-state index is -0.670. The van der Waals surface area contributed by atoms with E-state index >= 15 is 0 Å². The Hall–Kier alpha value is -2.31. The number of nitrogens with zero attached hydrogens (tertiary/aromatic N) is 2. The van der Waals surface area contributed by atoms with Gasteiger partial charge in [0.25, 0.3) is 0 Å². The van der Waals surface area contributed by atoms with Crippen molar-refractivity contribution < 1.29 is 14.3 Å². The molecule has 0 radical (unpaired) electrons. The predicted molar refractivity (Wildman–Crippen MR) is 82.2 cm³/mol. The molecule has 0 aromatic carbocycles. The van der Waals surface area contributed by atoms with Crippen LogP contribution in [-0.2, 0) is 9.53 Å². The monoisotopic (exact) mass is 306 g/mol. The lowest BCUT2D eigenvalue weighted by Crippen LogP contribution is -2.45. The van der Waals surface area contributed by atoms with E-state index in [-0.39, 0.29) is 6.04 Å². The van der Waals surface area contributed by atoms with Crippen molar-refractivity contribution in [3.05, 3.63) is 24.4 Å². The molecule has 7 nitrogen and oxygen atoms in total. The minimum Gasteiger partial charge on any atom is -0.444 e. The molecule has 1 saturated heterocycles. The molecule has 0 saturated carbocycles. The Kier molecular flexibility index (Phi) is 4.54. The van der Waals surface area contributed by atoms with Gasteiger partial charge in [-0.15, -0.1) is 0 Å². The summed E-state index contributed by atoms with van der Waals surface area (Å²) in [6.07, 6.45) is 1.58. The quantitative estimate of drug-likeness (QED) is 0.878. The number of hydrogen-bond donors (Lipinski definition) is 2. The molecular weight excluding hydrogens is 284 g/mol. The molecule has 0 bridgehead atoms. The van der Waals surface area contributed by atoms with Crippen LogP contribution in [0.3, 0.4) is 0 Å². The van der Waals surface area contributed by atoms with E-state index in [4.69, 9.17) is 10.5 Å². The van der Waals surface area contributed by atoms with Crippen LogP contribution < -0.4 is 11.1 Å². The van der Waals surface area contributed by atoms with Crippen molar-refractivity contribution in [3.8, 4) is 0 Å². The minimum absolute atomic E-state index is 0.0973. The Bertz CT molecular complexity index is 541. The zero-order chi connectivity index (χ0) is 16.3. The number of carbonyl (C=O) groups excluding carboxylic acids is 2. The van der Waals surface area contributed by atoms with Crippen LogP contribution in [0.25, 0.3) is 0 Å². The molecule has 7 heteroatoms. The maximum atomic E-state index is 12.2. The molecule has 1 fully saturated rings. The SMILES string of the molecule is CC(C)(C)OC(=O)N1C[C@H](Nc2ccccn2)C[C@H]1C(N)=O. The van der Waals surface area contributed by atoms with Gasteiger partial charge in [-0.2, -0.15) is 0 Å². The van der Waals surface area contributed by atoms with E-state index in [9.17, 15) is 9.59 Å². The Morgan fingerprint density at radius 2 is 2.14 bits per heavy atom. The maximum Gasteiger partial charge on any atom is 0.411 e. The van der Waals surface area contributed by atoms with Crippen molar-refractivity contribution in [1.29, 1.82) is 0 Å². The molecule has 1 aliphatic rings. The number of hydrogen-bond acceptors (Lipinski definition) is 5. The fourth-order valence-corrected chi connectivity index (χ4v) is 2.39. The first kappa shape index (κ1) is 16.1. The van der Waals surface area contributed by atoms with Gasteiger partial charge in [-0.3, -0.25) is 9.69 Å². The highest BCUT2D eigenvalue weighted by Gasteiger charge is 2.40. The number of aromatic nitrogens is 1. The summed E-state index contributed by atoms with van der Waals surface area (Å²) in [6.45, 7) is 5.69. The summed E-state index contributed by atoms with van der Waals surface area (Å²) in [7, 11) is 0. The maximum absolute atomic E-state index is 12.2. The average Bonchev–Trinajstić information content (AvgIpc) is 2.82. The van der Waals surface area contributed by atoms with Crippen LogP contribution >= 0.6 is 0 Å². The number of amides is 2. The molecule has 1 aromatic heterocycles. The van der Waals surface area contributed by atoms with E-state index in [1.807, 2.05) is 18.2 Å². The molecule has 1 aromatic rings. The fraction of sp³-hybridized carbons (Fsp3) is 0.533. The first-order chi connectivity index (χ1) is 10.3. The fourth-order valence-electron chi connectivity index (χ4n) is 2.39. The van der Waals surface area contributed by atoms with E-state index in [1.165, 1.54) is 4.90 Å². The molecule has 22 heavy (non-hydrogen) atoms. The first-order valence-electron chi connectivity index (χ1n) is 7.23. The van der Waals surface area contributed by atoms with Gasteiger partial charge in [0.1, 0.15) is 17.5 Å². The summed E-state index contributed by atoms with van der Waals surface area (Å²) in [5, 5.41) is 3.21. The van der Waals surface area contributed by atoms with E-state index in [0.717, 1.165) is 0 Å². The lowest BCUT2D eigenvalue weighted by Gasteiger charge is -2.27. The van der Waals surface area contributed by atoms with Gasteiger partial charge in [-0.05, 0) is 39.3 Å². The highest BCUT2D eigenvalue weighted by Crippen LogP contribution is 2.23. The number of pyridine rings is 1. The third-order valence-corrected chi connectivity index (χ3v) is 3.27. The van der Waals surface area contributed by atoms with Gasteiger partial charge in [-0.1, -0.05) is 6.07 Å². The number of nitrogens with one attached hydrogen (secondary N) is 1. The lowest BCUT2D eigenvalue weighted by atomic mass is 10.1. The molecule has 0 unspecified atom stereocenters. The van der Waals surface area contributed by atoms with Gasteiger partial charge >= 0.3 is 6.09 Å². The number of likely N-dealkylation sites (tertiary alicyclic amines) is 1. The molecular formula is C15H22N4O3. The number of primary amides is 1. The Balaban J connectivity index is 2.06. The second kappa shape index (κ2) is 6.21. The van der Waals surface area contributed by atoms with Crippen molar-refractivity contribution in [2.45, 2.75) is 44.9 Å². The van der Waals surface area contributed by atoms with Crippen LogP contribution in [-0.4, -0.2) is 46.1 Å². The number of carbonyl (C=O) groups is 2. The molecule has 0 aliphatic carbocycles. The topological polar surface area (TPSA) is 97.6 Å². The van der Waals surface area contributed by atoms with Crippen LogP contribution in [0.5, 0.6) is 0 Å². The molecule has 120 valence electrons. The van der Waals surface area contributed by atoms with Crippen LogP contribution in [0, 0.1) is 0 Å². The van der Waals surface area contributed by atoms with Gasteiger partial charge in [0, 0.05) is 18.8 Å². The Morgan fingerprint density at radius 1 is 1.41 bits per heavy atom. The number of rotatable bonds is 3. The molecule has 1 aliphatic heterocycles. The predicted octanol–water partition coefficient (Wildman–Crippen LogP) is 1.36.